The van der Waals surface area contributed by atoms with Gasteiger partial charge in [0.1, 0.15) is 24.7 Å². The number of hydrogen-bond donors (Lipinski definition) is 2. The maximum atomic E-state index is 13.7. The SMILES string of the molecule is O=C(N[C@H]1CCC(=O)N2CCC[C@@H](C(=O)N[C@@H]3C(=O)COC3OCCc3ccccc3)N2C1=O)c1ccccc1. The normalized spacial score (nSPS) is 24.9. The molecule has 210 valence electrons. The van der Waals surface area contributed by atoms with Gasteiger partial charge in [0.2, 0.25) is 11.8 Å². The van der Waals surface area contributed by atoms with E-state index in [9.17, 15) is 24.0 Å². The second kappa shape index (κ2) is 12.4. The minimum absolute atomic E-state index is 0.0442. The largest absolute Gasteiger partial charge is 0.350 e. The second-order valence-corrected chi connectivity index (χ2v) is 10.0. The number of carbonyl (C=O) groups excluding carboxylic acids is 5. The summed E-state index contributed by atoms with van der Waals surface area (Å²) in [7, 11) is 0. The van der Waals surface area contributed by atoms with Crippen LogP contribution in [0.15, 0.2) is 60.7 Å². The van der Waals surface area contributed by atoms with E-state index >= 15 is 0 Å². The lowest BCUT2D eigenvalue weighted by Crippen LogP contribution is -2.65. The predicted octanol–water partition coefficient (Wildman–Crippen LogP) is 0.983. The van der Waals surface area contributed by atoms with E-state index in [2.05, 4.69) is 10.6 Å². The van der Waals surface area contributed by atoms with E-state index in [1.165, 1.54) is 5.01 Å². The third-order valence-electron chi connectivity index (χ3n) is 7.33. The van der Waals surface area contributed by atoms with E-state index in [0.717, 1.165) is 10.6 Å². The molecular formula is C29H32N4O7. The molecule has 11 nitrogen and oxygen atoms in total. The van der Waals surface area contributed by atoms with Crippen LogP contribution in [0.25, 0.3) is 0 Å². The highest BCUT2D eigenvalue weighted by Gasteiger charge is 2.46. The van der Waals surface area contributed by atoms with Crippen LogP contribution in [-0.2, 0) is 35.1 Å². The van der Waals surface area contributed by atoms with Crippen LogP contribution in [0.2, 0.25) is 0 Å². The molecule has 3 aliphatic rings. The van der Waals surface area contributed by atoms with Gasteiger partial charge in [0.25, 0.3) is 11.8 Å². The van der Waals surface area contributed by atoms with Gasteiger partial charge in [0.15, 0.2) is 12.1 Å². The Hall–Kier alpha value is -4.09. The van der Waals surface area contributed by atoms with Gasteiger partial charge in [-0.15, -0.1) is 0 Å². The Bertz CT molecular complexity index is 1260. The lowest BCUT2D eigenvalue weighted by molar-refractivity contribution is -0.176. The summed E-state index contributed by atoms with van der Waals surface area (Å²) in [5.74, 6) is -2.20. The first-order valence-electron chi connectivity index (χ1n) is 13.5. The summed E-state index contributed by atoms with van der Waals surface area (Å²) in [6, 6.07) is 15.1. The number of ketones is 1. The van der Waals surface area contributed by atoms with Crippen molar-refractivity contribution in [1.29, 1.82) is 0 Å². The van der Waals surface area contributed by atoms with E-state index in [4.69, 9.17) is 9.47 Å². The smallest absolute Gasteiger partial charge is 0.264 e. The number of rotatable bonds is 8. The minimum Gasteiger partial charge on any atom is -0.350 e. The van der Waals surface area contributed by atoms with Crippen LogP contribution in [0, 0.1) is 0 Å². The fourth-order valence-corrected chi connectivity index (χ4v) is 5.22. The highest BCUT2D eigenvalue weighted by Crippen LogP contribution is 2.26. The molecule has 0 saturated carbocycles. The zero-order chi connectivity index (χ0) is 28.1. The van der Waals surface area contributed by atoms with Crippen molar-refractivity contribution in [1.82, 2.24) is 20.7 Å². The fraction of sp³-hybridized carbons (Fsp3) is 0.414. The van der Waals surface area contributed by atoms with Crippen LogP contribution < -0.4 is 10.6 Å². The van der Waals surface area contributed by atoms with E-state index in [-0.39, 0.29) is 44.3 Å². The number of fused-ring (bicyclic) bond motifs is 1. The average molecular weight is 549 g/mol. The highest BCUT2D eigenvalue weighted by atomic mass is 16.7. The molecule has 11 heteroatoms. The molecule has 2 aromatic rings. The molecule has 5 rings (SSSR count). The molecule has 2 N–H and O–H groups in total. The molecule has 0 aliphatic carbocycles. The number of nitrogens with one attached hydrogen (secondary N) is 2. The topological polar surface area (TPSA) is 134 Å². The molecule has 3 heterocycles. The first-order chi connectivity index (χ1) is 19.4. The molecule has 3 aliphatic heterocycles. The molecule has 4 amide bonds. The summed E-state index contributed by atoms with van der Waals surface area (Å²) in [6.45, 7) is 0.365. The monoisotopic (exact) mass is 548 g/mol. The number of benzene rings is 2. The maximum absolute atomic E-state index is 13.7. The van der Waals surface area contributed by atoms with Gasteiger partial charge in [-0.1, -0.05) is 48.5 Å². The van der Waals surface area contributed by atoms with Gasteiger partial charge < -0.3 is 20.1 Å². The first kappa shape index (κ1) is 27.5. The molecule has 0 radical (unpaired) electrons. The average Bonchev–Trinajstić information content (AvgIpc) is 3.27. The van der Waals surface area contributed by atoms with E-state index < -0.39 is 42.1 Å². The molecule has 1 unspecified atom stereocenters. The van der Waals surface area contributed by atoms with E-state index in [0.29, 0.717) is 24.8 Å². The quantitative estimate of drug-likeness (QED) is 0.502. The van der Waals surface area contributed by atoms with Gasteiger partial charge in [-0.05, 0) is 43.4 Å². The Labute approximate surface area is 231 Å². The van der Waals surface area contributed by atoms with E-state index in [1.54, 1.807) is 30.3 Å². The Morgan fingerprint density at radius 2 is 1.68 bits per heavy atom. The Kier molecular flexibility index (Phi) is 8.51. The molecular weight excluding hydrogens is 516 g/mol. The molecule has 0 aromatic heterocycles. The zero-order valence-electron chi connectivity index (χ0n) is 22.0. The molecule has 4 atom stereocenters. The van der Waals surface area contributed by atoms with Crippen molar-refractivity contribution >= 4 is 29.4 Å². The van der Waals surface area contributed by atoms with Crippen molar-refractivity contribution in [2.24, 2.45) is 0 Å². The van der Waals surface area contributed by atoms with Crippen molar-refractivity contribution in [3.63, 3.8) is 0 Å². The predicted molar refractivity (Wildman–Crippen MR) is 141 cm³/mol. The molecule has 0 bridgehead atoms. The van der Waals surface area contributed by atoms with Crippen molar-refractivity contribution in [3.05, 3.63) is 71.8 Å². The van der Waals surface area contributed by atoms with Crippen LogP contribution in [-0.4, -0.2) is 83.6 Å². The van der Waals surface area contributed by atoms with Crippen molar-refractivity contribution in [2.45, 2.75) is 56.5 Å². The van der Waals surface area contributed by atoms with Gasteiger partial charge in [0, 0.05) is 18.5 Å². The molecule has 2 aromatic carbocycles. The first-order valence-corrected chi connectivity index (χ1v) is 13.5. The number of amides is 4. The fourth-order valence-electron chi connectivity index (χ4n) is 5.22. The van der Waals surface area contributed by atoms with Crippen molar-refractivity contribution in [2.75, 3.05) is 19.8 Å². The van der Waals surface area contributed by atoms with Crippen molar-refractivity contribution < 1.29 is 33.4 Å². The lowest BCUT2D eigenvalue weighted by Gasteiger charge is -2.43. The van der Waals surface area contributed by atoms with Crippen LogP contribution >= 0.6 is 0 Å². The summed E-state index contributed by atoms with van der Waals surface area (Å²) < 4.78 is 11.3. The Balaban J connectivity index is 1.27. The van der Waals surface area contributed by atoms with Gasteiger partial charge in [-0.2, -0.15) is 0 Å². The van der Waals surface area contributed by atoms with E-state index in [1.807, 2.05) is 30.3 Å². The minimum atomic E-state index is -1.04. The second-order valence-electron chi connectivity index (χ2n) is 10.0. The third kappa shape index (κ3) is 6.05. The summed E-state index contributed by atoms with van der Waals surface area (Å²) in [5.41, 5.74) is 1.45. The summed E-state index contributed by atoms with van der Waals surface area (Å²) in [4.78, 5) is 65.5. The number of Topliss-reactive ketones (excluding diaryl/α,β-unsaturated/α-hetero) is 1. The molecule has 3 fully saturated rings. The van der Waals surface area contributed by atoms with Crippen LogP contribution in [0.4, 0.5) is 0 Å². The number of carbonyl (C=O) groups is 5. The van der Waals surface area contributed by atoms with Gasteiger partial charge >= 0.3 is 0 Å². The van der Waals surface area contributed by atoms with Gasteiger partial charge in [0.05, 0.1) is 6.61 Å². The van der Waals surface area contributed by atoms with Crippen LogP contribution in [0.3, 0.4) is 0 Å². The van der Waals surface area contributed by atoms with Crippen LogP contribution in [0.5, 0.6) is 0 Å². The number of hydrazine groups is 1. The highest BCUT2D eigenvalue weighted by molar-refractivity contribution is 6.00. The number of nitrogens with zero attached hydrogens (tertiary/aromatic N) is 2. The summed E-state index contributed by atoms with van der Waals surface area (Å²) >= 11 is 0. The number of ether oxygens (including phenoxy) is 2. The third-order valence-corrected chi connectivity index (χ3v) is 7.33. The van der Waals surface area contributed by atoms with Crippen LogP contribution in [0.1, 0.15) is 41.6 Å². The van der Waals surface area contributed by atoms with Gasteiger partial charge in [-0.3, -0.25) is 29.0 Å². The molecule has 3 saturated heterocycles. The number of hydrogen-bond acceptors (Lipinski definition) is 7. The zero-order valence-corrected chi connectivity index (χ0v) is 22.0. The standard InChI is InChI=1S/C29H32N4O7/c34-23-18-40-29(39-17-15-19-8-3-1-4-9-19)25(23)31-27(37)22-12-7-16-32-24(35)14-13-21(28(38)33(22)32)30-26(36)20-10-5-2-6-11-20/h1-6,8-11,21-22,25,29H,7,12-18H2,(H,30,36)(H,31,37)/t21-,22-,25+,29?/m0/s1. The molecule has 0 spiro atoms. The Morgan fingerprint density at radius 3 is 2.42 bits per heavy atom. The summed E-state index contributed by atoms with van der Waals surface area (Å²) in [5, 5.41) is 7.90. The maximum Gasteiger partial charge on any atom is 0.264 e. The van der Waals surface area contributed by atoms with Gasteiger partial charge in [-0.25, -0.2) is 5.01 Å². The Morgan fingerprint density at radius 1 is 0.950 bits per heavy atom. The molecule has 40 heavy (non-hydrogen) atoms. The van der Waals surface area contributed by atoms with Crippen molar-refractivity contribution in [3.8, 4) is 0 Å². The summed E-state index contributed by atoms with van der Waals surface area (Å²) in [6.07, 6.45) is 0.599. The lowest BCUT2D eigenvalue weighted by atomic mass is 10.0.